The van der Waals surface area contributed by atoms with Crippen molar-refractivity contribution < 1.29 is 17.0 Å². The van der Waals surface area contributed by atoms with E-state index < -0.39 is 0 Å². The van der Waals surface area contributed by atoms with Crippen molar-refractivity contribution in [2.45, 2.75) is 0 Å². The van der Waals surface area contributed by atoms with Crippen LogP contribution in [0.3, 0.4) is 0 Å². The number of H-pyrrole nitrogens is 1. The minimum Gasteiger partial charge on any atom is -1.00 e. The van der Waals surface area contributed by atoms with E-state index in [9.17, 15) is 0 Å². The lowest BCUT2D eigenvalue weighted by molar-refractivity contribution is -0.616. The standard InChI is InChI=1S/C16H11ClN2.ClH/c1-19-15-5-3-2-4-10(15)8-14-16(19)12-7-6-11(17)9-13(12)18-14;/h2-9H,1H3;1H. The molecule has 0 saturated heterocycles. The normalized spacial score (nSPS) is 11.1. The van der Waals surface area contributed by atoms with Gasteiger partial charge >= 0.3 is 0 Å². The van der Waals surface area contributed by atoms with E-state index in [4.69, 9.17) is 11.6 Å². The monoisotopic (exact) mass is 302 g/mol. The van der Waals surface area contributed by atoms with E-state index in [1.165, 1.54) is 21.8 Å². The number of nitrogens with zero attached hydrogens (tertiary/aromatic N) is 1. The van der Waals surface area contributed by atoms with Gasteiger partial charge in [-0.25, -0.2) is 0 Å². The summed E-state index contributed by atoms with van der Waals surface area (Å²) in [6, 6.07) is 16.6. The molecule has 0 spiro atoms. The van der Waals surface area contributed by atoms with Crippen molar-refractivity contribution in [2.75, 3.05) is 0 Å². The van der Waals surface area contributed by atoms with Gasteiger partial charge in [-0.3, -0.25) is 0 Å². The molecule has 0 aliphatic heterocycles. The number of aromatic nitrogens is 2. The Morgan fingerprint density at radius 2 is 1.80 bits per heavy atom. The molecule has 2 heterocycles. The Morgan fingerprint density at radius 3 is 2.65 bits per heavy atom. The van der Waals surface area contributed by atoms with Crippen molar-refractivity contribution in [1.82, 2.24) is 4.98 Å². The number of rotatable bonds is 0. The smallest absolute Gasteiger partial charge is 0.238 e. The third-order valence-corrected chi connectivity index (χ3v) is 3.93. The first-order valence-corrected chi connectivity index (χ1v) is 6.60. The van der Waals surface area contributed by atoms with Crippen LogP contribution < -0.4 is 17.0 Å². The SMILES string of the molecule is C[n+]1c2ccccc2cc2[nH]c3cc(Cl)ccc3c21.[Cl-]. The first-order valence-electron chi connectivity index (χ1n) is 6.23. The molecular weight excluding hydrogens is 291 g/mol. The summed E-state index contributed by atoms with van der Waals surface area (Å²) in [6.07, 6.45) is 0. The fourth-order valence-electron chi connectivity index (χ4n) is 2.83. The van der Waals surface area contributed by atoms with Crippen LogP contribution in [0.15, 0.2) is 48.5 Å². The summed E-state index contributed by atoms with van der Waals surface area (Å²) >= 11 is 6.06. The number of hydrogen-bond donors (Lipinski definition) is 1. The molecule has 0 aliphatic carbocycles. The van der Waals surface area contributed by atoms with Gasteiger partial charge in [-0.05, 0) is 30.3 Å². The maximum absolute atomic E-state index is 6.06. The van der Waals surface area contributed by atoms with E-state index in [1.807, 2.05) is 12.1 Å². The summed E-state index contributed by atoms with van der Waals surface area (Å²) in [4.78, 5) is 3.45. The number of aromatic amines is 1. The van der Waals surface area contributed by atoms with Gasteiger partial charge in [0.05, 0.1) is 10.9 Å². The van der Waals surface area contributed by atoms with Gasteiger partial charge in [0.2, 0.25) is 11.0 Å². The predicted octanol–water partition coefficient (Wildman–Crippen LogP) is 0.956. The lowest BCUT2D eigenvalue weighted by Gasteiger charge is -1.98. The summed E-state index contributed by atoms with van der Waals surface area (Å²) < 4.78 is 2.23. The van der Waals surface area contributed by atoms with Gasteiger partial charge in [-0.1, -0.05) is 23.7 Å². The second kappa shape index (κ2) is 4.65. The number of halogens is 2. The molecule has 1 N–H and O–H groups in total. The van der Waals surface area contributed by atoms with E-state index in [2.05, 4.69) is 53.0 Å². The third kappa shape index (κ3) is 1.76. The minimum absolute atomic E-state index is 0. The lowest BCUT2D eigenvalue weighted by atomic mass is 10.1. The number of fused-ring (bicyclic) bond motifs is 4. The maximum atomic E-state index is 6.06. The molecule has 2 aromatic carbocycles. The molecule has 0 amide bonds. The van der Waals surface area contributed by atoms with Crippen LogP contribution in [0.4, 0.5) is 0 Å². The summed E-state index contributed by atoms with van der Waals surface area (Å²) in [5.74, 6) is 0. The molecule has 0 aliphatic rings. The first kappa shape index (κ1) is 13.2. The second-order valence-electron chi connectivity index (χ2n) is 4.84. The minimum atomic E-state index is 0. The van der Waals surface area contributed by atoms with E-state index in [0.717, 1.165) is 16.1 Å². The highest BCUT2D eigenvalue weighted by atomic mass is 35.5. The van der Waals surface area contributed by atoms with Gasteiger partial charge in [0.25, 0.3) is 0 Å². The van der Waals surface area contributed by atoms with E-state index in [0.29, 0.717) is 0 Å². The van der Waals surface area contributed by atoms with Crippen LogP contribution in [0.2, 0.25) is 5.02 Å². The van der Waals surface area contributed by atoms with Crippen LogP contribution in [0.25, 0.3) is 32.8 Å². The van der Waals surface area contributed by atoms with Gasteiger partial charge < -0.3 is 17.4 Å². The zero-order chi connectivity index (χ0) is 13.0. The van der Waals surface area contributed by atoms with Crippen LogP contribution in [0, 0.1) is 0 Å². The number of hydrogen-bond acceptors (Lipinski definition) is 0. The fourth-order valence-corrected chi connectivity index (χ4v) is 3.00. The number of benzene rings is 2. The molecule has 4 aromatic rings. The molecule has 0 saturated carbocycles. The molecule has 0 atom stereocenters. The van der Waals surface area contributed by atoms with Crippen molar-refractivity contribution in [2.24, 2.45) is 7.05 Å². The fraction of sp³-hybridized carbons (Fsp3) is 0.0625. The molecule has 0 fully saturated rings. The highest BCUT2D eigenvalue weighted by Crippen LogP contribution is 2.27. The van der Waals surface area contributed by atoms with Gasteiger partial charge in [0, 0.05) is 16.5 Å². The third-order valence-electron chi connectivity index (χ3n) is 3.69. The number of para-hydroxylation sites is 1. The summed E-state index contributed by atoms with van der Waals surface area (Å²) in [7, 11) is 2.10. The molecule has 4 heteroatoms. The average Bonchev–Trinajstić information content (AvgIpc) is 2.76. The Morgan fingerprint density at radius 1 is 1.00 bits per heavy atom. The van der Waals surface area contributed by atoms with Crippen molar-refractivity contribution in [1.29, 1.82) is 0 Å². The zero-order valence-corrected chi connectivity index (χ0v) is 12.3. The highest BCUT2D eigenvalue weighted by Gasteiger charge is 2.16. The van der Waals surface area contributed by atoms with Crippen molar-refractivity contribution in [3.63, 3.8) is 0 Å². The van der Waals surface area contributed by atoms with E-state index in [-0.39, 0.29) is 12.4 Å². The Labute approximate surface area is 127 Å². The van der Waals surface area contributed by atoms with E-state index in [1.54, 1.807) is 0 Å². The Bertz CT molecular complexity index is 941. The van der Waals surface area contributed by atoms with Crippen LogP contribution >= 0.6 is 11.6 Å². The lowest BCUT2D eigenvalue weighted by Crippen LogP contribution is -3.00. The number of pyridine rings is 1. The number of nitrogens with one attached hydrogen (secondary N) is 1. The molecule has 0 bridgehead atoms. The molecule has 0 radical (unpaired) electrons. The van der Waals surface area contributed by atoms with Crippen molar-refractivity contribution >= 4 is 44.4 Å². The summed E-state index contributed by atoms with van der Waals surface area (Å²) in [6.45, 7) is 0. The topological polar surface area (TPSA) is 19.7 Å². The average molecular weight is 303 g/mol. The Kier molecular flexibility index (Phi) is 3.08. The largest absolute Gasteiger partial charge is 1.00 e. The quantitative estimate of drug-likeness (QED) is 0.467. The highest BCUT2D eigenvalue weighted by molar-refractivity contribution is 6.31. The molecule has 0 unspecified atom stereocenters. The van der Waals surface area contributed by atoms with Crippen LogP contribution in [-0.2, 0) is 7.05 Å². The van der Waals surface area contributed by atoms with Crippen LogP contribution in [-0.4, -0.2) is 4.98 Å². The number of aryl methyl sites for hydroxylation is 1. The Balaban J connectivity index is 0.00000121. The molecular formula is C16H12Cl2N2. The Hall–Kier alpha value is -1.77. The molecule has 2 aromatic heterocycles. The van der Waals surface area contributed by atoms with Gasteiger partial charge in [0.1, 0.15) is 12.6 Å². The molecule has 4 rings (SSSR count). The van der Waals surface area contributed by atoms with Crippen molar-refractivity contribution in [3.05, 3.63) is 53.6 Å². The molecule has 100 valence electrons. The van der Waals surface area contributed by atoms with E-state index >= 15 is 0 Å². The zero-order valence-electron chi connectivity index (χ0n) is 10.8. The van der Waals surface area contributed by atoms with Gasteiger partial charge in [-0.15, -0.1) is 0 Å². The summed E-state index contributed by atoms with van der Waals surface area (Å²) in [5.41, 5.74) is 4.66. The van der Waals surface area contributed by atoms with Crippen molar-refractivity contribution in [3.8, 4) is 0 Å². The van der Waals surface area contributed by atoms with Crippen LogP contribution in [0.5, 0.6) is 0 Å². The second-order valence-corrected chi connectivity index (χ2v) is 5.28. The predicted molar refractivity (Wildman–Crippen MR) is 79.5 cm³/mol. The van der Waals surface area contributed by atoms with Gasteiger partial charge in [0.15, 0.2) is 0 Å². The first-order chi connectivity index (χ1) is 9.24. The van der Waals surface area contributed by atoms with Crippen LogP contribution in [0.1, 0.15) is 0 Å². The summed E-state index contributed by atoms with van der Waals surface area (Å²) in [5, 5.41) is 3.19. The molecule has 2 nitrogen and oxygen atoms in total. The van der Waals surface area contributed by atoms with Gasteiger partial charge in [-0.2, -0.15) is 4.57 Å². The molecule has 20 heavy (non-hydrogen) atoms. The maximum Gasteiger partial charge on any atom is 0.238 e.